The van der Waals surface area contributed by atoms with Crippen molar-refractivity contribution in [2.24, 2.45) is 0 Å². The van der Waals surface area contributed by atoms with Crippen LogP contribution in [0.3, 0.4) is 0 Å². The van der Waals surface area contributed by atoms with E-state index in [0.29, 0.717) is 4.90 Å². The zero-order chi connectivity index (χ0) is 13.1. The van der Waals surface area contributed by atoms with Crippen molar-refractivity contribution >= 4 is 40.7 Å². The molecule has 0 aliphatic rings. The van der Waals surface area contributed by atoms with Crippen LogP contribution in [-0.4, -0.2) is 19.9 Å². The van der Waals surface area contributed by atoms with E-state index < -0.39 is 4.92 Å². The van der Waals surface area contributed by atoms with Gasteiger partial charge >= 0.3 is 0 Å². The second-order valence-corrected chi connectivity index (χ2v) is 4.67. The van der Waals surface area contributed by atoms with E-state index in [1.807, 2.05) is 0 Å². The number of rotatable bonds is 3. The molecule has 0 N–H and O–H groups in total. The molecule has 0 bridgehead atoms. The van der Waals surface area contributed by atoms with E-state index in [9.17, 15) is 10.1 Å². The van der Waals surface area contributed by atoms with Crippen LogP contribution in [0, 0.1) is 10.1 Å². The molecule has 6 nitrogen and oxygen atoms in total. The number of nitro groups is 1. The number of aromatic nitrogens is 3. The summed E-state index contributed by atoms with van der Waals surface area (Å²) in [5.74, 6) is 0. The lowest BCUT2D eigenvalue weighted by Gasteiger charge is -2.01. The lowest BCUT2D eigenvalue weighted by atomic mass is 10.3. The van der Waals surface area contributed by atoms with Crippen LogP contribution in [-0.2, 0) is 0 Å². The maximum atomic E-state index is 10.8. The number of hydrogen-bond acceptors (Lipinski definition) is 6. The van der Waals surface area contributed by atoms with Crippen molar-refractivity contribution in [3.8, 4) is 0 Å². The van der Waals surface area contributed by atoms with Crippen LogP contribution in [0.1, 0.15) is 0 Å². The van der Waals surface area contributed by atoms with Crippen LogP contribution < -0.4 is 0 Å². The summed E-state index contributed by atoms with van der Waals surface area (Å²) in [7, 11) is 0. The van der Waals surface area contributed by atoms with Gasteiger partial charge in [-0.1, -0.05) is 12.1 Å². The summed E-state index contributed by atoms with van der Waals surface area (Å²) in [5, 5.41) is 10.9. The van der Waals surface area contributed by atoms with Crippen molar-refractivity contribution < 1.29 is 4.92 Å². The molecule has 0 saturated heterocycles. The fourth-order valence-electron chi connectivity index (χ4n) is 1.15. The molecule has 0 fully saturated rings. The first-order valence-electron chi connectivity index (χ1n) is 4.54. The van der Waals surface area contributed by atoms with Crippen molar-refractivity contribution in [2.45, 2.75) is 10.1 Å². The number of halogens is 2. The molecule has 2 rings (SSSR count). The number of nitro benzene ring substituents is 1. The van der Waals surface area contributed by atoms with Gasteiger partial charge in [0.1, 0.15) is 0 Å². The van der Waals surface area contributed by atoms with Gasteiger partial charge in [0.15, 0.2) is 5.16 Å². The SMILES string of the molecule is O=[N+]([O-])c1ccccc1Sc1nc(Cl)nc(Cl)n1. The smallest absolute Gasteiger partial charge is 0.258 e. The number of para-hydroxylation sites is 1. The minimum atomic E-state index is -0.479. The number of nitrogens with zero attached hydrogens (tertiary/aromatic N) is 4. The highest BCUT2D eigenvalue weighted by Crippen LogP contribution is 2.33. The van der Waals surface area contributed by atoms with Gasteiger partial charge in [-0.2, -0.15) is 15.0 Å². The number of hydrogen-bond donors (Lipinski definition) is 0. The Hall–Kier alpha value is -1.44. The fraction of sp³-hybridized carbons (Fsp3) is 0. The van der Waals surface area contributed by atoms with Crippen LogP contribution in [0.4, 0.5) is 5.69 Å². The van der Waals surface area contributed by atoms with Gasteiger partial charge < -0.3 is 0 Å². The molecule has 9 heteroatoms. The predicted molar refractivity (Wildman–Crippen MR) is 67.1 cm³/mol. The highest BCUT2D eigenvalue weighted by Gasteiger charge is 2.15. The Balaban J connectivity index is 2.37. The molecule has 0 saturated carbocycles. The highest BCUT2D eigenvalue weighted by atomic mass is 35.5. The third-order valence-electron chi connectivity index (χ3n) is 1.82. The molecule has 0 atom stereocenters. The fourth-order valence-corrected chi connectivity index (χ4v) is 2.47. The summed E-state index contributed by atoms with van der Waals surface area (Å²) in [6.45, 7) is 0. The first-order valence-corrected chi connectivity index (χ1v) is 6.12. The van der Waals surface area contributed by atoms with Gasteiger partial charge in [0, 0.05) is 6.07 Å². The van der Waals surface area contributed by atoms with Crippen LogP contribution in [0.15, 0.2) is 34.3 Å². The van der Waals surface area contributed by atoms with Gasteiger partial charge in [-0.3, -0.25) is 10.1 Å². The van der Waals surface area contributed by atoms with Gasteiger partial charge in [0.25, 0.3) is 5.69 Å². The third-order valence-corrected chi connectivity index (χ3v) is 3.09. The Bertz CT molecular complexity index is 591. The molecule has 0 aliphatic heterocycles. The van der Waals surface area contributed by atoms with E-state index in [1.54, 1.807) is 18.2 Å². The number of benzene rings is 1. The van der Waals surface area contributed by atoms with E-state index in [-0.39, 0.29) is 21.4 Å². The minimum Gasteiger partial charge on any atom is -0.258 e. The molecule has 0 spiro atoms. The molecular formula is C9H4Cl2N4O2S. The highest BCUT2D eigenvalue weighted by molar-refractivity contribution is 7.99. The Morgan fingerprint density at radius 1 is 1.11 bits per heavy atom. The van der Waals surface area contributed by atoms with E-state index in [0.717, 1.165) is 11.8 Å². The maximum absolute atomic E-state index is 10.8. The Morgan fingerprint density at radius 2 is 1.72 bits per heavy atom. The van der Waals surface area contributed by atoms with Crippen molar-refractivity contribution in [3.63, 3.8) is 0 Å². The topological polar surface area (TPSA) is 81.8 Å². The first kappa shape index (κ1) is 13.0. The van der Waals surface area contributed by atoms with Gasteiger partial charge in [-0.05, 0) is 41.0 Å². The van der Waals surface area contributed by atoms with E-state index in [2.05, 4.69) is 15.0 Å². The van der Waals surface area contributed by atoms with Gasteiger partial charge in [0.2, 0.25) is 10.6 Å². The molecule has 0 aliphatic carbocycles. The van der Waals surface area contributed by atoms with Gasteiger partial charge in [0.05, 0.1) is 9.82 Å². The van der Waals surface area contributed by atoms with Gasteiger partial charge in [-0.25, -0.2) is 0 Å². The Morgan fingerprint density at radius 3 is 2.33 bits per heavy atom. The molecule has 0 amide bonds. The lowest BCUT2D eigenvalue weighted by molar-refractivity contribution is -0.387. The quantitative estimate of drug-likeness (QED) is 0.639. The first-order chi connectivity index (χ1) is 8.56. The zero-order valence-corrected chi connectivity index (χ0v) is 10.9. The van der Waals surface area contributed by atoms with Gasteiger partial charge in [-0.15, -0.1) is 0 Å². The van der Waals surface area contributed by atoms with Crippen LogP contribution >= 0.6 is 35.0 Å². The molecule has 2 aromatic rings. The summed E-state index contributed by atoms with van der Waals surface area (Å²) in [6.07, 6.45) is 0. The summed E-state index contributed by atoms with van der Waals surface area (Å²) in [4.78, 5) is 22.0. The Labute approximate surface area is 116 Å². The summed E-state index contributed by atoms with van der Waals surface area (Å²) >= 11 is 12.2. The zero-order valence-electron chi connectivity index (χ0n) is 8.58. The molecule has 92 valence electrons. The van der Waals surface area contributed by atoms with Crippen LogP contribution in [0.5, 0.6) is 0 Å². The molecule has 1 aromatic heterocycles. The summed E-state index contributed by atoms with van der Waals surface area (Å²) < 4.78 is 0. The van der Waals surface area contributed by atoms with Crippen molar-refractivity contribution in [1.82, 2.24) is 15.0 Å². The van der Waals surface area contributed by atoms with E-state index in [1.165, 1.54) is 6.07 Å². The van der Waals surface area contributed by atoms with Crippen molar-refractivity contribution in [2.75, 3.05) is 0 Å². The summed E-state index contributed by atoms with van der Waals surface area (Å²) in [6, 6.07) is 6.25. The minimum absolute atomic E-state index is 0.0323. The second kappa shape index (κ2) is 5.47. The average Bonchev–Trinajstić information content (AvgIpc) is 2.27. The average molecular weight is 303 g/mol. The largest absolute Gasteiger partial charge is 0.283 e. The van der Waals surface area contributed by atoms with Crippen LogP contribution in [0.2, 0.25) is 10.6 Å². The molecular weight excluding hydrogens is 299 g/mol. The van der Waals surface area contributed by atoms with E-state index in [4.69, 9.17) is 23.2 Å². The molecule has 1 aromatic carbocycles. The monoisotopic (exact) mass is 302 g/mol. The lowest BCUT2D eigenvalue weighted by Crippen LogP contribution is -1.94. The molecule has 0 unspecified atom stereocenters. The standard InChI is InChI=1S/C9H4Cl2N4O2S/c10-7-12-8(11)14-9(13-7)18-6-4-2-1-3-5(6)15(16)17/h1-4H. The second-order valence-electron chi connectivity index (χ2n) is 2.98. The summed E-state index contributed by atoms with van der Waals surface area (Å²) in [5.41, 5.74) is -0.0323. The van der Waals surface area contributed by atoms with E-state index >= 15 is 0 Å². The van der Waals surface area contributed by atoms with Crippen LogP contribution in [0.25, 0.3) is 0 Å². The molecule has 1 heterocycles. The van der Waals surface area contributed by atoms with Crippen molar-refractivity contribution in [1.29, 1.82) is 0 Å². The van der Waals surface area contributed by atoms with Crippen molar-refractivity contribution in [3.05, 3.63) is 44.9 Å². The maximum Gasteiger partial charge on any atom is 0.283 e. The third kappa shape index (κ3) is 3.06. The normalized spacial score (nSPS) is 10.3. The molecule has 0 radical (unpaired) electrons. The Kier molecular flexibility index (Phi) is 3.95. The predicted octanol–water partition coefficient (Wildman–Crippen LogP) is 3.24. The molecule has 18 heavy (non-hydrogen) atoms.